The molecule has 1 saturated carbocycles. The third-order valence-corrected chi connectivity index (χ3v) is 5.37. The van der Waals surface area contributed by atoms with Gasteiger partial charge in [-0.3, -0.25) is 10.1 Å². The summed E-state index contributed by atoms with van der Waals surface area (Å²) in [4.78, 5) is 15.7. The minimum Gasteiger partial charge on any atom is -0.377 e. The zero-order valence-electron chi connectivity index (χ0n) is 15.6. The van der Waals surface area contributed by atoms with Crippen LogP contribution in [0.25, 0.3) is 16.8 Å². The Bertz CT molecular complexity index is 1010. The van der Waals surface area contributed by atoms with E-state index in [4.69, 9.17) is 0 Å². The maximum Gasteiger partial charge on any atom is 0.292 e. The van der Waals surface area contributed by atoms with Crippen LogP contribution in [0.3, 0.4) is 0 Å². The van der Waals surface area contributed by atoms with Crippen molar-refractivity contribution in [1.82, 2.24) is 14.6 Å². The van der Waals surface area contributed by atoms with Crippen molar-refractivity contribution >= 4 is 17.0 Å². The summed E-state index contributed by atoms with van der Waals surface area (Å²) in [5.74, 6) is 0. The lowest BCUT2D eigenvalue weighted by atomic mass is 9.94. The van der Waals surface area contributed by atoms with Gasteiger partial charge in [0.2, 0.25) is 0 Å². The molecule has 1 aliphatic rings. The second-order valence-electron chi connectivity index (χ2n) is 7.36. The normalized spacial score (nSPS) is 15.2. The molecule has 1 aliphatic carbocycles. The Morgan fingerprint density at radius 3 is 2.67 bits per heavy atom. The minimum absolute atomic E-state index is 0.123. The van der Waals surface area contributed by atoms with Crippen LogP contribution in [0, 0.1) is 24.0 Å². The summed E-state index contributed by atoms with van der Waals surface area (Å²) in [7, 11) is 0. The summed E-state index contributed by atoms with van der Waals surface area (Å²) >= 11 is 0. The van der Waals surface area contributed by atoms with Crippen molar-refractivity contribution in [3.8, 4) is 11.1 Å². The molecule has 7 nitrogen and oxygen atoms in total. The van der Waals surface area contributed by atoms with E-state index >= 15 is 0 Å². The number of nitrogens with zero attached hydrogens (tertiary/aromatic N) is 4. The summed E-state index contributed by atoms with van der Waals surface area (Å²) < 4.78 is 1.71. The van der Waals surface area contributed by atoms with Gasteiger partial charge in [0.25, 0.3) is 5.69 Å². The molecule has 1 N–H and O–H groups in total. The van der Waals surface area contributed by atoms with Crippen LogP contribution < -0.4 is 5.32 Å². The average Bonchev–Trinajstić information content (AvgIpc) is 3.11. The second-order valence-corrected chi connectivity index (χ2v) is 7.36. The number of hydrogen-bond donors (Lipinski definition) is 1. The Labute approximate surface area is 157 Å². The summed E-state index contributed by atoms with van der Waals surface area (Å²) in [5, 5.41) is 19.4. The van der Waals surface area contributed by atoms with Crippen LogP contribution in [0.2, 0.25) is 0 Å². The van der Waals surface area contributed by atoms with Crippen LogP contribution >= 0.6 is 0 Å². The maximum atomic E-state index is 11.7. The number of aryl methyl sites for hydroxylation is 2. The van der Waals surface area contributed by atoms with E-state index in [-0.39, 0.29) is 10.6 Å². The zero-order valence-corrected chi connectivity index (χ0v) is 15.6. The number of anilines is 1. The Morgan fingerprint density at radius 1 is 1.15 bits per heavy atom. The van der Waals surface area contributed by atoms with E-state index in [2.05, 4.69) is 15.4 Å². The highest BCUT2D eigenvalue weighted by molar-refractivity contribution is 5.77. The van der Waals surface area contributed by atoms with Crippen LogP contribution in [0.1, 0.15) is 43.2 Å². The third kappa shape index (κ3) is 3.37. The highest BCUT2D eigenvalue weighted by Crippen LogP contribution is 2.36. The molecular formula is C20H23N5O2. The van der Waals surface area contributed by atoms with Gasteiger partial charge >= 0.3 is 0 Å². The molecule has 0 amide bonds. The van der Waals surface area contributed by atoms with Gasteiger partial charge < -0.3 is 5.32 Å². The largest absolute Gasteiger partial charge is 0.377 e. The van der Waals surface area contributed by atoms with Crippen LogP contribution in [-0.2, 0) is 0 Å². The van der Waals surface area contributed by atoms with Crippen LogP contribution in [0.5, 0.6) is 0 Å². The van der Waals surface area contributed by atoms with E-state index in [9.17, 15) is 10.1 Å². The van der Waals surface area contributed by atoms with Gasteiger partial charge in [-0.25, -0.2) is 9.50 Å². The smallest absolute Gasteiger partial charge is 0.292 e. The number of nitro benzene ring substituents is 1. The number of nitrogens with one attached hydrogen (secondary N) is 1. The molecule has 0 spiro atoms. The van der Waals surface area contributed by atoms with Gasteiger partial charge in [-0.15, -0.1) is 0 Å². The topological polar surface area (TPSA) is 85.4 Å². The summed E-state index contributed by atoms with van der Waals surface area (Å²) in [6, 6.07) is 5.90. The third-order valence-electron chi connectivity index (χ3n) is 5.37. The van der Waals surface area contributed by atoms with E-state index in [0.717, 1.165) is 40.7 Å². The predicted molar refractivity (Wildman–Crippen MR) is 105 cm³/mol. The monoisotopic (exact) mass is 365 g/mol. The number of fused-ring (bicyclic) bond motifs is 1. The standard InChI is InChI=1S/C20H23N5O2/c1-13-9-18(23-16-6-4-3-5-7-16)19(25(26)27)10-17(13)15-8-14(2)20-21-12-22-24(20)11-15/h8-12,16,23H,3-7H2,1-2H3. The molecule has 2 aromatic heterocycles. The molecule has 4 rings (SSSR count). The lowest BCUT2D eigenvalue weighted by molar-refractivity contribution is -0.383. The number of benzene rings is 1. The van der Waals surface area contributed by atoms with Gasteiger partial charge in [0.05, 0.1) is 4.92 Å². The SMILES string of the molecule is Cc1cc(NC2CCCCC2)c([N+](=O)[O-])cc1-c1cc(C)c2ncnn2c1. The predicted octanol–water partition coefficient (Wildman–Crippen LogP) is 4.67. The molecule has 0 bridgehead atoms. The molecule has 0 atom stereocenters. The lowest BCUT2D eigenvalue weighted by Crippen LogP contribution is -2.22. The summed E-state index contributed by atoms with van der Waals surface area (Å²) in [6.07, 6.45) is 9.14. The van der Waals surface area contributed by atoms with Crippen molar-refractivity contribution in [2.75, 3.05) is 5.32 Å². The Balaban J connectivity index is 1.76. The Morgan fingerprint density at radius 2 is 1.93 bits per heavy atom. The molecule has 1 fully saturated rings. The van der Waals surface area contributed by atoms with Crippen molar-refractivity contribution < 1.29 is 4.92 Å². The first-order valence-electron chi connectivity index (χ1n) is 9.39. The van der Waals surface area contributed by atoms with Crippen molar-refractivity contribution in [3.05, 3.63) is 52.0 Å². The quantitative estimate of drug-likeness (QED) is 0.536. The summed E-state index contributed by atoms with van der Waals surface area (Å²) in [6.45, 7) is 3.96. The first-order valence-corrected chi connectivity index (χ1v) is 9.39. The van der Waals surface area contributed by atoms with Crippen LogP contribution in [0.4, 0.5) is 11.4 Å². The maximum absolute atomic E-state index is 11.7. The molecule has 0 unspecified atom stereocenters. The molecule has 0 saturated heterocycles. The van der Waals surface area contributed by atoms with E-state index in [1.807, 2.05) is 32.2 Å². The molecule has 0 radical (unpaired) electrons. The van der Waals surface area contributed by atoms with E-state index < -0.39 is 0 Å². The molecule has 140 valence electrons. The average molecular weight is 365 g/mol. The van der Waals surface area contributed by atoms with Crippen LogP contribution in [0.15, 0.2) is 30.7 Å². The Hall–Kier alpha value is -2.96. The molecule has 0 aliphatic heterocycles. The molecule has 2 heterocycles. The fourth-order valence-electron chi connectivity index (χ4n) is 3.98. The highest BCUT2D eigenvalue weighted by Gasteiger charge is 2.22. The van der Waals surface area contributed by atoms with Gasteiger partial charge in [-0.2, -0.15) is 5.10 Å². The number of rotatable bonds is 4. The van der Waals surface area contributed by atoms with Crippen LogP contribution in [-0.4, -0.2) is 25.6 Å². The highest BCUT2D eigenvalue weighted by atomic mass is 16.6. The lowest BCUT2D eigenvalue weighted by Gasteiger charge is -2.24. The number of pyridine rings is 1. The van der Waals surface area contributed by atoms with Gasteiger partial charge in [0.15, 0.2) is 5.65 Å². The fraction of sp³-hybridized carbons (Fsp3) is 0.400. The zero-order chi connectivity index (χ0) is 19.0. The van der Waals surface area contributed by atoms with E-state index in [0.29, 0.717) is 11.7 Å². The van der Waals surface area contributed by atoms with Gasteiger partial charge in [-0.1, -0.05) is 19.3 Å². The second kappa shape index (κ2) is 6.98. The number of hydrogen-bond acceptors (Lipinski definition) is 5. The Kier molecular flexibility index (Phi) is 4.51. The summed E-state index contributed by atoms with van der Waals surface area (Å²) in [5.41, 5.74) is 5.26. The molecule has 1 aromatic carbocycles. The van der Waals surface area contributed by atoms with Gasteiger partial charge in [0.1, 0.15) is 12.0 Å². The molecule has 7 heteroatoms. The fourth-order valence-corrected chi connectivity index (χ4v) is 3.98. The first kappa shape index (κ1) is 17.5. The van der Waals surface area contributed by atoms with E-state index in [1.54, 1.807) is 10.6 Å². The van der Waals surface area contributed by atoms with Gasteiger partial charge in [0, 0.05) is 23.9 Å². The first-order chi connectivity index (χ1) is 13.0. The van der Waals surface area contributed by atoms with E-state index in [1.165, 1.54) is 25.6 Å². The molecule has 3 aromatic rings. The minimum atomic E-state index is -0.297. The molecular weight excluding hydrogens is 342 g/mol. The van der Waals surface area contributed by atoms with Crippen molar-refractivity contribution in [3.63, 3.8) is 0 Å². The molecule has 27 heavy (non-hydrogen) atoms. The van der Waals surface area contributed by atoms with Crippen molar-refractivity contribution in [2.24, 2.45) is 0 Å². The van der Waals surface area contributed by atoms with Crippen molar-refractivity contribution in [2.45, 2.75) is 52.0 Å². The number of aromatic nitrogens is 3. The van der Waals surface area contributed by atoms with Crippen molar-refractivity contribution in [1.29, 1.82) is 0 Å². The van der Waals surface area contributed by atoms with Gasteiger partial charge in [-0.05, 0) is 55.5 Å². The number of nitro groups is 1.